The molecule has 0 saturated heterocycles. The molecule has 0 spiro atoms. The highest BCUT2D eigenvalue weighted by molar-refractivity contribution is 7.99. The summed E-state index contributed by atoms with van der Waals surface area (Å²) in [5.74, 6) is 1.53. The van der Waals surface area contributed by atoms with Crippen LogP contribution in [0.25, 0.3) is 0 Å². The molecule has 0 rings (SSSR count). The van der Waals surface area contributed by atoms with E-state index in [0.29, 0.717) is 18.7 Å². The van der Waals surface area contributed by atoms with Gasteiger partial charge in [0.25, 0.3) is 0 Å². The molecule has 0 radical (unpaired) electrons. The molecule has 2 N–H and O–H groups in total. The third-order valence-corrected chi connectivity index (χ3v) is 3.01. The van der Waals surface area contributed by atoms with E-state index >= 15 is 0 Å². The van der Waals surface area contributed by atoms with Gasteiger partial charge in [0.1, 0.15) is 6.04 Å². The summed E-state index contributed by atoms with van der Waals surface area (Å²) in [6, 6.07) is -0.742. The Kier molecular flexibility index (Phi) is 8.18. The van der Waals surface area contributed by atoms with Crippen molar-refractivity contribution >= 4 is 24.1 Å². The molecule has 0 aromatic heterocycles. The minimum Gasteiger partial charge on any atom is -0.480 e. The van der Waals surface area contributed by atoms with E-state index in [0.717, 1.165) is 17.9 Å². The van der Waals surface area contributed by atoms with Gasteiger partial charge in [-0.2, -0.15) is 11.8 Å². The number of carbonyl (C=O) groups is 2. The average molecular weight is 233 g/mol. The number of carbonyl (C=O) groups excluding carboxylic acids is 1. The van der Waals surface area contributed by atoms with E-state index in [-0.39, 0.29) is 0 Å². The fraction of sp³-hybridized carbons (Fsp3) is 0.800. The molecular formula is C10H19NO3S. The summed E-state index contributed by atoms with van der Waals surface area (Å²) in [4.78, 5) is 20.7. The summed E-state index contributed by atoms with van der Waals surface area (Å²) in [7, 11) is 0. The molecule has 0 fully saturated rings. The quantitative estimate of drug-likeness (QED) is 0.466. The lowest BCUT2D eigenvalue weighted by molar-refractivity contribution is -0.140. The minimum absolute atomic E-state index is 0.442. The van der Waals surface area contributed by atoms with Crippen LogP contribution in [0.2, 0.25) is 0 Å². The van der Waals surface area contributed by atoms with Crippen LogP contribution >= 0.6 is 11.8 Å². The molecule has 0 aromatic rings. The Balaban J connectivity index is 3.53. The number of carboxylic acid groups (broad SMARTS) is 1. The summed E-state index contributed by atoms with van der Waals surface area (Å²) in [6.07, 6.45) is 2.07. The number of amides is 1. The number of rotatable bonds is 9. The zero-order valence-electron chi connectivity index (χ0n) is 9.23. The molecule has 0 aliphatic carbocycles. The molecule has 0 heterocycles. The predicted molar refractivity (Wildman–Crippen MR) is 62.0 cm³/mol. The molecule has 4 nitrogen and oxygen atoms in total. The first-order chi connectivity index (χ1) is 7.07. The van der Waals surface area contributed by atoms with E-state index in [2.05, 4.69) is 19.2 Å². The molecule has 1 unspecified atom stereocenters. The van der Waals surface area contributed by atoms with Crippen molar-refractivity contribution in [2.24, 2.45) is 5.92 Å². The molecule has 15 heavy (non-hydrogen) atoms. The first-order valence-electron chi connectivity index (χ1n) is 5.08. The van der Waals surface area contributed by atoms with Crippen molar-refractivity contribution in [2.45, 2.75) is 32.7 Å². The van der Waals surface area contributed by atoms with Gasteiger partial charge in [0, 0.05) is 0 Å². The Morgan fingerprint density at radius 2 is 2.00 bits per heavy atom. The second-order valence-corrected chi connectivity index (χ2v) is 4.98. The summed E-state index contributed by atoms with van der Waals surface area (Å²) < 4.78 is 0. The maximum Gasteiger partial charge on any atom is 0.326 e. The number of carboxylic acids is 1. The zero-order valence-corrected chi connectivity index (χ0v) is 10.0. The van der Waals surface area contributed by atoms with Crippen LogP contribution in [-0.2, 0) is 9.59 Å². The van der Waals surface area contributed by atoms with Crippen molar-refractivity contribution in [3.05, 3.63) is 0 Å². The lowest BCUT2D eigenvalue weighted by Crippen LogP contribution is -2.36. The molecule has 0 aromatic carbocycles. The van der Waals surface area contributed by atoms with Crippen LogP contribution < -0.4 is 5.32 Å². The largest absolute Gasteiger partial charge is 0.480 e. The van der Waals surface area contributed by atoms with Crippen molar-refractivity contribution in [1.29, 1.82) is 0 Å². The van der Waals surface area contributed by atoms with Crippen LogP contribution in [0.5, 0.6) is 0 Å². The van der Waals surface area contributed by atoms with Gasteiger partial charge in [0.2, 0.25) is 6.41 Å². The molecule has 0 saturated carbocycles. The first-order valence-corrected chi connectivity index (χ1v) is 6.23. The van der Waals surface area contributed by atoms with Crippen molar-refractivity contribution in [2.75, 3.05) is 11.5 Å². The molecule has 0 aliphatic heterocycles. The fourth-order valence-corrected chi connectivity index (χ4v) is 2.23. The van der Waals surface area contributed by atoms with Crippen molar-refractivity contribution in [1.82, 2.24) is 5.32 Å². The van der Waals surface area contributed by atoms with Gasteiger partial charge in [-0.15, -0.1) is 0 Å². The van der Waals surface area contributed by atoms with Crippen molar-refractivity contribution in [3.63, 3.8) is 0 Å². The predicted octanol–water partition coefficient (Wildman–Crippen LogP) is 1.35. The van der Waals surface area contributed by atoms with Crippen LogP contribution in [0.3, 0.4) is 0 Å². The van der Waals surface area contributed by atoms with E-state index in [1.165, 1.54) is 0 Å². The maximum atomic E-state index is 10.6. The standard InChI is InChI=1S/C10H19NO3S/c1-8(2)3-5-15-6-4-9(10(13)14)11-7-12/h7-9H,3-6H2,1-2H3,(H,11,12)(H,13,14). The highest BCUT2D eigenvalue weighted by Gasteiger charge is 2.15. The highest BCUT2D eigenvalue weighted by Crippen LogP contribution is 2.10. The molecule has 1 amide bonds. The van der Waals surface area contributed by atoms with Crippen LogP contribution in [-0.4, -0.2) is 35.0 Å². The summed E-state index contributed by atoms with van der Waals surface area (Å²) in [5, 5.41) is 11.0. The van der Waals surface area contributed by atoms with Gasteiger partial charge in [-0.05, 0) is 30.3 Å². The Morgan fingerprint density at radius 3 is 2.47 bits per heavy atom. The Labute approximate surface area is 94.8 Å². The second-order valence-electron chi connectivity index (χ2n) is 3.76. The average Bonchev–Trinajstić information content (AvgIpc) is 2.15. The summed E-state index contributed by atoms with van der Waals surface area (Å²) >= 11 is 1.73. The molecule has 5 heteroatoms. The van der Waals surface area contributed by atoms with E-state index in [1.807, 2.05) is 0 Å². The van der Waals surface area contributed by atoms with Crippen LogP contribution in [0.15, 0.2) is 0 Å². The number of hydrogen-bond donors (Lipinski definition) is 2. The summed E-state index contributed by atoms with van der Waals surface area (Å²) in [5.41, 5.74) is 0. The smallest absolute Gasteiger partial charge is 0.326 e. The Morgan fingerprint density at radius 1 is 1.40 bits per heavy atom. The van der Waals surface area contributed by atoms with Crippen LogP contribution in [0.1, 0.15) is 26.7 Å². The third kappa shape index (κ3) is 8.30. The third-order valence-electron chi connectivity index (χ3n) is 1.96. The molecular weight excluding hydrogens is 214 g/mol. The van der Waals surface area contributed by atoms with Crippen LogP contribution in [0.4, 0.5) is 0 Å². The number of nitrogens with one attached hydrogen (secondary N) is 1. The highest BCUT2D eigenvalue weighted by atomic mass is 32.2. The minimum atomic E-state index is -0.966. The topological polar surface area (TPSA) is 66.4 Å². The lowest BCUT2D eigenvalue weighted by atomic mass is 10.2. The molecule has 0 bridgehead atoms. The number of hydrogen-bond acceptors (Lipinski definition) is 3. The van der Waals surface area contributed by atoms with Crippen LogP contribution in [0, 0.1) is 5.92 Å². The molecule has 88 valence electrons. The van der Waals surface area contributed by atoms with Gasteiger partial charge in [-0.3, -0.25) is 4.79 Å². The fourth-order valence-electron chi connectivity index (χ4n) is 0.983. The SMILES string of the molecule is CC(C)CCSCCC(NC=O)C(=O)O. The van der Waals surface area contributed by atoms with Crippen molar-refractivity contribution < 1.29 is 14.7 Å². The van der Waals surface area contributed by atoms with Gasteiger partial charge < -0.3 is 10.4 Å². The van der Waals surface area contributed by atoms with E-state index in [4.69, 9.17) is 5.11 Å². The van der Waals surface area contributed by atoms with E-state index in [1.54, 1.807) is 11.8 Å². The number of thioether (sulfide) groups is 1. The van der Waals surface area contributed by atoms with Gasteiger partial charge >= 0.3 is 5.97 Å². The normalized spacial score (nSPS) is 12.5. The van der Waals surface area contributed by atoms with Gasteiger partial charge in [-0.1, -0.05) is 13.8 Å². The Hall–Kier alpha value is -0.710. The first kappa shape index (κ1) is 14.3. The van der Waals surface area contributed by atoms with Gasteiger partial charge in [0.15, 0.2) is 0 Å². The monoisotopic (exact) mass is 233 g/mol. The number of aliphatic carboxylic acids is 1. The van der Waals surface area contributed by atoms with Gasteiger partial charge in [-0.25, -0.2) is 4.79 Å². The van der Waals surface area contributed by atoms with Crippen molar-refractivity contribution in [3.8, 4) is 0 Å². The zero-order chi connectivity index (χ0) is 11.7. The van der Waals surface area contributed by atoms with E-state index in [9.17, 15) is 9.59 Å². The Bertz CT molecular complexity index is 197. The van der Waals surface area contributed by atoms with E-state index < -0.39 is 12.0 Å². The maximum absolute atomic E-state index is 10.6. The lowest BCUT2D eigenvalue weighted by Gasteiger charge is -2.10. The second kappa shape index (κ2) is 8.59. The molecule has 1 atom stereocenters. The summed E-state index contributed by atoms with van der Waals surface area (Å²) in [6.45, 7) is 4.32. The molecule has 0 aliphatic rings. The van der Waals surface area contributed by atoms with Gasteiger partial charge in [0.05, 0.1) is 0 Å².